The maximum atomic E-state index is 13.8. The van der Waals surface area contributed by atoms with Crippen molar-refractivity contribution >= 4 is 29.6 Å². The van der Waals surface area contributed by atoms with Gasteiger partial charge < -0.3 is 25.0 Å². The van der Waals surface area contributed by atoms with Gasteiger partial charge in [-0.05, 0) is 42.4 Å². The SMILES string of the molecule is COC(=O)[C@@]12C(c3ccc(OC)cc3)N=CN(C)[C@]1(C)NC(=S)N[C@@H]2c1ccccc1. The van der Waals surface area contributed by atoms with E-state index in [0.29, 0.717) is 5.11 Å². The lowest BCUT2D eigenvalue weighted by atomic mass is 9.59. The Labute approximate surface area is 187 Å². The van der Waals surface area contributed by atoms with Crippen LogP contribution in [-0.2, 0) is 9.53 Å². The third-order valence-electron chi connectivity index (χ3n) is 6.51. The first-order valence-corrected chi connectivity index (χ1v) is 10.4. The van der Waals surface area contributed by atoms with E-state index in [1.807, 2.05) is 73.5 Å². The molecule has 4 rings (SSSR count). The van der Waals surface area contributed by atoms with Gasteiger partial charge in [-0.2, -0.15) is 0 Å². The van der Waals surface area contributed by atoms with Crippen LogP contribution in [0.2, 0.25) is 0 Å². The zero-order valence-electron chi connectivity index (χ0n) is 18.0. The molecule has 7 nitrogen and oxygen atoms in total. The van der Waals surface area contributed by atoms with Crippen LogP contribution < -0.4 is 15.4 Å². The second-order valence-corrected chi connectivity index (χ2v) is 8.33. The summed E-state index contributed by atoms with van der Waals surface area (Å²) < 4.78 is 10.8. The van der Waals surface area contributed by atoms with Gasteiger partial charge in [-0.15, -0.1) is 0 Å². The quantitative estimate of drug-likeness (QED) is 0.562. The Bertz CT molecular complexity index is 1010. The molecule has 0 radical (unpaired) electrons. The molecular weight excluding hydrogens is 412 g/mol. The monoisotopic (exact) mass is 438 g/mol. The van der Waals surface area contributed by atoms with Gasteiger partial charge in [0, 0.05) is 7.05 Å². The maximum absolute atomic E-state index is 13.8. The number of hydrogen-bond acceptors (Lipinski definition) is 6. The van der Waals surface area contributed by atoms with E-state index in [1.54, 1.807) is 13.4 Å². The Balaban J connectivity index is 2.01. The van der Waals surface area contributed by atoms with Crippen LogP contribution in [-0.4, -0.2) is 49.3 Å². The standard InChI is InChI=1S/C23H26N4O3S/c1-22-23(20(28)30-4,19(25-21(31)26-22)15-8-6-5-7-9-15)18(24-14-27(22)2)16-10-12-17(29-3)13-11-16/h5-14,18-19H,1-4H3,(H2,25,26,31)/t18?,19-,22+,23+/m1/s1. The van der Waals surface area contributed by atoms with Crippen LogP contribution >= 0.6 is 12.2 Å². The van der Waals surface area contributed by atoms with Gasteiger partial charge in [0.2, 0.25) is 0 Å². The topological polar surface area (TPSA) is 75.2 Å². The molecule has 0 aliphatic carbocycles. The van der Waals surface area contributed by atoms with Crippen molar-refractivity contribution in [2.24, 2.45) is 10.4 Å². The summed E-state index contributed by atoms with van der Waals surface area (Å²) in [6.07, 6.45) is 1.75. The van der Waals surface area contributed by atoms with Gasteiger partial charge in [0.25, 0.3) is 0 Å². The van der Waals surface area contributed by atoms with E-state index in [1.165, 1.54) is 7.11 Å². The van der Waals surface area contributed by atoms with Gasteiger partial charge >= 0.3 is 5.97 Å². The van der Waals surface area contributed by atoms with Crippen molar-refractivity contribution in [3.8, 4) is 5.75 Å². The van der Waals surface area contributed by atoms with Crippen LogP contribution in [0.5, 0.6) is 5.75 Å². The summed E-state index contributed by atoms with van der Waals surface area (Å²) in [5.74, 6) is 0.354. The summed E-state index contributed by atoms with van der Waals surface area (Å²) in [7, 11) is 4.92. The van der Waals surface area contributed by atoms with Crippen molar-refractivity contribution < 1.29 is 14.3 Å². The van der Waals surface area contributed by atoms with Crippen LogP contribution in [0, 0.1) is 5.41 Å². The second-order valence-electron chi connectivity index (χ2n) is 7.93. The van der Waals surface area contributed by atoms with E-state index in [4.69, 9.17) is 26.7 Å². The predicted molar refractivity (Wildman–Crippen MR) is 123 cm³/mol. The largest absolute Gasteiger partial charge is 0.497 e. The zero-order chi connectivity index (χ0) is 22.2. The minimum absolute atomic E-state index is 0.379. The van der Waals surface area contributed by atoms with Crippen LogP contribution in [0.25, 0.3) is 0 Å². The van der Waals surface area contributed by atoms with E-state index >= 15 is 0 Å². The molecule has 2 N–H and O–H groups in total. The Morgan fingerprint density at radius 1 is 1.10 bits per heavy atom. The highest BCUT2D eigenvalue weighted by molar-refractivity contribution is 7.80. The Hall–Kier alpha value is -3.13. The highest BCUT2D eigenvalue weighted by atomic mass is 32.1. The number of thiocarbonyl (C=S) groups is 1. The van der Waals surface area contributed by atoms with Crippen LogP contribution in [0.3, 0.4) is 0 Å². The van der Waals surface area contributed by atoms with Crippen molar-refractivity contribution in [2.75, 3.05) is 21.3 Å². The lowest BCUT2D eigenvalue weighted by Crippen LogP contribution is -2.79. The summed E-state index contributed by atoms with van der Waals surface area (Å²) in [6, 6.07) is 16.4. The molecule has 8 heteroatoms. The van der Waals surface area contributed by atoms with E-state index in [9.17, 15) is 4.79 Å². The number of esters is 1. The molecule has 2 heterocycles. The molecule has 31 heavy (non-hydrogen) atoms. The number of carbonyl (C=O) groups excluding carboxylic acids is 1. The minimum atomic E-state index is -1.18. The third-order valence-corrected chi connectivity index (χ3v) is 6.73. The third kappa shape index (κ3) is 3.05. The first kappa shape index (κ1) is 21.1. The van der Waals surface area contributed by atoms with Crippen molar-refractivity contribution in [3.63, 3.8) is 0 Å². The second kappa shape index (κ2) is 7.85. The van der Waals surface area contributed by atoms with Crippen molar-refractivity contribution in [1.82, 2.24) is 15.5 Å². The number of rotatable bonds is 4. The lowest BCUT2D eigenvalue weighted by Gasteiger charge is -2.61. The molecule has 0 amide bonds. The van der Waals surface area contributed by atoms with Crippen molar-refractivity contribution in [1.29, 1.82) is 0 Å². The molecule has 162 valence electrons. The van der Waals surface area contributed by atoms with Gasteiger partial charge in [-0.25, -0.2) is 0 Å². The number of benzene rings is 2. The van der Waals surface area contributed by atoms with Gasteiger partial charge in [0.15, 0.2) is 10.5 Å². The normalized spacial score (nSPS) is 29.4. The molecule has 2 aromatic rings. The van der Waals surface area contributed by atoms with Crippen LogP contribution in [0.1, 0.15) is 30.1 Å². The number of methoxy groups -OCH3 is 2. The average molecular weight is 439 g/mol. The van der Waals surface area contributed by atoms with Crippen LogP contribution in [0.15, 0.2) is 59.6 Å². The van der Waals surface area contributed by atoms with Gasteiger partial charge in [0.1, 0.15) is 11.4 Å². The first-order valence-electron chi connectivity index (χ1n) is 10.0. The number of carbonyl (C=O) groups is 1. The zero-order valence-corrected chi connectivity index (χ0v) is 18.8. The summed E-state index contributed by atoms with van der Waals surface area (Å²) in [4.78, 5) is 20.5. The molecule has 1 unspecified atom stereocenters. The number of fused-ring (bicyclic) bond motifs is 1. The number of nitrogens with zero attached hydrogens (tertiary/aromatic N) is 2. The molecule has 0 aromatic heterocycles. The Morgan fingerprint density at radius 2 is 1.77 bits per heavy atom. The molecule has 4 atom stereocenters. The lowest BCUT2D eigenvalue weighted by molar-refractivity contribution is -0.172. The Kier molecular flexibility index (Phi) is 5.35. The average Bonchev–Trinajstić information content (AvgIpc) is 2.79. The number of ether oxygens (including phenoxy) is 2. The molecular formula is C23H26N4O3S. The molecule has 2 aromatic carbocycles. The number of nitrogens with one attached hydrogen (secondary N) is 2. The first-order chi connectivity index (χ1) is 14.9. The van der Waals surface area contributed by atoms with E-state index in [0.717, 1.165) is 16.9 Å². The molecule has 0 spiro atoms. The number of hydrogen-bond donors (Lipinski definition) is 2. The molecule has 0 saturated carbocycles. The summed E-state index contributed by atoms with van der Waals surface area (Å²) in [5.41, 5.74) is -0.287. The maximum Gasteiger partial charge on any atom is 0.321 e. The van der Waals surface area contributed by atoms with Crippen molar-refractivity contribution in [2.45, 2.75) is 24.7 Å². The van der Waals surface area contributed by atoms with Gasteiger partial charge in [0.05, 0.1) is 32.6 Å². The predicted octanol–water partition coefficient (Wildman–Crippen LogP) is 2.80. The fraction of sp³-hybridized carbons (Fsp3) is 0.348. The van der Waals surface area contributed by atoms with E-state index in [-0.39, 0.29) is 5.97 Å². The summed E-state index contributed by atoms with van der Waals surface area (Å²) in [6.45, 7) is 1.97. The van der Waals surface area contributed by atoms with Crippen LogP contribution in [0.4, 0.5) is 0 Å². The Morgan fingerprint density at radius 3 is 2.39 bits per heavy atom. The summed E-state index contributed by atoms with van der Waals surface area (Å²) >= 11 is 5.57. The van der Waals surface area contributed by atoms with E-state index in [2.05, 4.69) is 10.6 Å². The van der Waals surface area contributed by atoms with Gasteiger partial charge in [-0.1, -0.05) is 42.5 Å². The smallest absolute Gasteiger partial charge is 0.321 e. The highest BCUT2D eigenvalue weighted by Gasteiger charge is 2.70. The molecule has 2 aliphatic rings. The highest BCUT2D eigenvalue weighted by Crippen LogP contribution is 2.58. The van der Waals surface area contributed by atoms with Crippen molar-refractivity contribution in [3.05, 3.63) is 65.7 Å². The minimum Gasteiger partial charge on any atom is -0.497 e. The fourth-order valence-corrected chi connectivity index (χ4v) is 5.13. The molecule has 0 bridgehead atoms. The molecule has 2 aliphatic heterocycles. The summed E-state index contributed by atoms with van der Waals surface area (Å²) in [5, 5.41) is 7.17. The van der Waals surface area contributed by atoms with E-state index < -0.39 is 23.2 Å². The van der Waals surface area contributed by atoms with Gasteiger partial charge in [-0.3, -0.25) is 9.79 Å². The molecule has 1 fully saturated rings. The fourth-order valence-electron chi connectivity index (χ4n) is 4.81. The number of aliphatic imine (C=N–C) groups is 1. The molecule has 1 saturated heterocycles.